The van der Waals surface area contributed by atoms with Gasteiger partial charge in [-0.15, -0.1) is 0 Å². The van der Waals surface area contributed by atoms with E-state index in [1.165, 1.54) is 5.56 Å². The van der Waals surface area contributed by atoms with Crippen LogP contribution in [0.4, 0.5) is 5.69 Å². The van der Waals surface area contributed by atoms with E-state index < -0.39 is 6.10 Å². The van der Waals surface area contributed by atoms with E-state index in [-0.39, 0.29) is 11.8 Å². The quantitative estimate of drug-likeness (QED) is 0.669. The number of anilines is 1. The maximum absolute atomic E-state index is 12.7. The van der Waals surface area contributed by atoms with Crippen LogP contribution in [0.3, 0.4) is 0 Å². The normalized spacial score (nSPS) is 17.1. The third kappa shape index (κ3) is 5.39. The first-order valence-electron chi connectivity index (χ1n) is 9.43. The van der Waals surface area contributed by atoms with E-state index in [1.54, 1.807) is 24.3 Å². The Morgan fingerprint density at radius 2 is 1.86 bits per heavy atom. The van der Waals surface area contributed by atoms with Gasteiger partial charge in [-0.25, -0.2) is 0 Å². The number of hydrogen-bond acceptors (Lipinski definition) is 5. The minimum atomic E-state index is -0.586. The molecule has 148 valence electrons. The van der Waals surface area contributed by atoms with Crippen LogP contribution in [-0.2, 0) is 16.1 Å². The highest BCUT2D eigenvalue weighted by molar-refractivity contribution is 6.04. The summed E-state index contributed by atoms with van der Waals surface area (Å²) in [5.74, 6) is -0.520. The smallest absolute Gasteiger partial charge is 0.254 e. The second-order valence-corrected chi connectivity index (χ2v) is 6.66. The molecule has 28 heavy (non-hydrogen) atoms. The molecule has 1 fully saturated rings. The number of morpholine rings is 1. The maximum Gasteiger partial charge on any atom is 0.254 e. The van der Waals surface area contributed by atoms with Gasteiger partial charge >= 0.3 is 0 Å². The van der Waals surface area contributed by atoms with E-state index in [0.717, 1.165) is 13.1 Å². The van der Waals surface area contributed by atoms with Gasteiger partial charge in [0.05, 0.1) is 17.9 Å². The third-order valence-corrected chi connectivity index (χ3v) is 4.55. The van der Waals surface area contributed by atoms with Crippen LogP contribution in [-0.4, -0.2) is 55.6 Å². The Kier molecular flexibility index (Phi) is 7.13. The molecule has 1 aliphatic rings. The predicted molar refractivity (Wildman–Crippen MR) is 108 cm³/mol. The van der Waals surface area contributed by atoms with E-state index in [2.05, 4.69) is 27.7 Å². The Balaban J connectivity index is 1.62. The van der Waals surface area contributed by atoms with Gasteiger partial charge in [0.25, 0.3) is 11.8 Å². The number of nitrogens with zero attached hydrogens (tertiary/aromatic N) is 1. The largest absolute Gasteiger partial charge is 0.366 e. The van der Waals surface area contributed by atoms with Crippen molar-refractivity contribution in [2.75, 3.05) is 38.1 Å². The minimum absolute atomic E-state index is 0.253. The molecule has 0 aromatic heterocycles. The number of nitrogens with two attached hydrogens (primary N) is 1. The zero-order valence-corrected chi connectivity index (χ0v) is 15.8. The molecule has 7 nitrogen and oxygen atoms in total. The van der Waals surface area contributed by atoms with Crippen LogP contribution < -0.4 is 16.4 Å². The molecule has 3 rings (SSSR count). The summed E-state index contributed by atoms with van der Waals surface area (Å²) in [4.78, 5) is 27.2. The van der Waals surface area contributed by atoms with Gasteiger partial charge in [0.2, 0.25) is 0 Å². The van der Waals surface area contributed by atoms with E-state index >= 15 is 0 Å². The van der Waals surface area contributed by atoms with E-state index in [4.69, 9.17) is 10.5 Å². The number of hydrogen-bond donors (Lipinski definition) is 3. The van der Waals surface area contributed by atoms with E-state index in [1.807, 2.05) is 18.2 Å². The zero-order chi connectivity index (χ0) is 19.8. The standard InChI is InChI=1S/C21H26N4O3/c22-10-11-23-20(26)17-8-4-5-9-18(17)24-21(27)19-15-25(12-13-28-19)14-16-6-2-1-3-7-16/h1-9,19H,10-15,22H2,(H,23,26)(H,24,27). The van der Waals surface area contributed by atoms with Crippen molar-refractivity contribution in [3.8, 4) is 0 Å². The fraction of sp³-hybridized carbons (Fsp3) is 0.333. The molecule has 1 atom stereocenters. The summed E-state index contributed by atoms with van der Waals surface area (Å²) >= 11 is 0. The highest BCUT2D eigenvalue weighted by Crippen LogP contribution is 2.17. The van der Waals surface area contributed by atoms with Gasteiger partial charge in [-0.2, -0.15) is 0 Å². The molecule has 1 unspecified atom stereocenters. The lowest BCUT2D eigenvalue weighted by Crippen LogP contribution is -2.47. The Bertz CT molecular complexity index is 797. The fourth-order valence-corrected chi connectivity index (χ4v) is 3.13. The molecule has 7 heteroatoms. The van der Waals surface area contributed by atoms with Crippen LogP contribution >= 0.6 is 0 Å². The first kappa shape index (κ1) is 20.0. The Labute approximate surface area is 164 Å². The first-order chi connectivity index (χ1) is 13.7. The van der Waals surface area contributed by atoms with Gasteiger partial charge in [-0.05, 0) is 17.7 Å². The van der Waals surface area contributed by atoms with Crippen LogP contribution in [0.15, 0.2) is 54.6 Å². The Hall–Kier alpha value is -2.74. The van der Waals surface area contributed by atoms with Gasteiger partial charge < -0.3 is 21.1 Å². The summed E-state index contributed by atoms with van der Waals surface area (Å²) in [5, 5.41) is 5.56. The summed E-state index contributed by atoms with van der Waals surface area (Å²) in [5.41, 5.74) is 7.50. The van der Waals surface area contributed by atoms with E-state index in [0.29, 0.717) is 37.5 Å². The number of amides is 2. The Morgan fingerprint density at radius 1 is 1.11 bits per heavy atom. The molecule has 0 aliphatic carbocycles. The molecule has 1 aliphatic heterocycles. The zero-order valence-electron chi connectivity index (χ0n) is 15.8. The molecule has 2 amide bonds. The van der Waals surface area contributed by atoms with Crippen molar-refractivity contribution in [2.24, 2.45) is 5.73 Å². The fourth-order valence-electron chi connectivity index (χ4n) is 3.13. The van der Waals surface area contributed by atoms with Gasteiger partial charge in [0.15, 0.2) is 0 Å². The van der Waals surface area contributed by atoms with Gasteiger partial charge in [0, 0.05) is 32.7 Å². The molecule has 2 aromatic carbocycles. The lowest BCUT2D eigenvalue weighted by atomic mass is 10.1. The number of carbonyl (C=O) groups excluding carboxylic acids is 2. The maximum atomic E-state index is 12.7. The SMILES string of the molecule is NCCNC(=O)c1ccccc1NC(=O)C1CN(Cc2ccccc2)CCO1. The van der Waals surface area contributed by atoms with Crippen molar-refractivity contribution in [2.45, 2.75) is 12.6 Å². The lowest BCUT2D eigenvalue weighted by Gasteiger charge is -2.32. The topological polar surface area (TPSA) is 96.7 Å². The van der Waals surface area contributed by atoms with Crippen molar-refractivity contribution in [3.05, 3.63) is 65.7 Å². The molecule has 1 heterocycles. The second kappa shape index (κ2) is 9.98. The average Bonchev–Trinajstić information content (AvgIpc) is 2.73. The number of nitrogens with one attached hydrogen (secondary N) is 2. The molecular weight excluding hydrogens is 356 g/mol. The van der Waals surface area contributed by atoms with Crippen molar-refractivity contribution in [1.29, 1.82) is 0 Å². The molecule has 0 saturated carbocycles. The first-order valence-corrected chi connectivity index (χ1v) is 9.43. The summed E-state index contributed by atoms with van der Waals surface area (Å²) in [6.45, 7) is 3.27. The number of para-hydroxylation sites is 1. The van der Waals surface area contributed by atoms with Crippen molar-refractivity contribution in [1.82, 2.24) is 10.2 Å². The third-order valence-electron chi connectivity index (χ3n) is 4.55. The molecule has 0 radical (unpaired) electrons. The summed E-state index contributed by atoms with van der Waals surface area (Å²) in [6.07, 6.45) is -0.586. The number of ether oxygens (including phenoxy) is 1. The Morgan fingerprint density at radius 3 is 2.64 bits per heavy atom. The van der Waals surface area contributed by atoms with E-state index in [9.17, 15) is 9.59 Å². The molecule has 1 saturated heterocycles. The highest BCUT2D eigenvalue weighted by atomic mass is 16.5. The molecule has 0 spiro atoms. The van der Waals surface area contributed by atoms with Crippen LogP contribution in [0.25, 0.3) is 0 Å². The van der Waals surface area contributed by atoms with Gasteiger partial charge in [0.1, 0.15) is 6.10 Å². The molecule has 2 aromatic rings. The average molecular weight is 382 g/mol. The van der Waals surface area contributed by atoms with Crippen LogP contribution in [0, 0.1) is 0 Å². The predicted octanol–water partition coefficient (Wildman–Crippen LogP) is 1.21. The summed E-state index contributed by atoms with van der Waals surface area (Å²) in [7, 11) is 0. The van der Waals surface area contributed by atoms with Crippen LogP contribution in [0.2, 0.25) is 0 Å². The van der Waals surface area contributed by atoms with Gasteiger partial charge in [-0.3, -0.25) is 14.5 Å². The van der Waals surface area contributed by atoms with Crippen molar-refractivity contribution < 1.29 is 14.3 Å². The van der Waals surface area contributed by atoms with Crippen molar-refractivity contribution >= 4 is 17.5 Å². The molecular formula is C21H26N4O3. The van der Waals surface area contributed by atoms with Crippen LogP contribution in [0.5, 0.6) is 0 Å². The monoisotopic (exact) mass is 382 g/mol. The van der Waals surface area contributed by atoms with Gasteiger partial charge in [-0.1, -0.05) is 42.5 Å². The number of carbonyl (C=O) groups is 2. The number of benzene rings is 2. The summed E-state index contributed by atoms with van der Waals surface area (Å²) in [6, 6.07) is 17.1. The van der Waals surface area contributed by atoms with Crippen molar-refractivity contribution in [3.63, 3.8) is 0 Å². The summed E-state index contributed by atoms with van der Waals surface area (Å²) < 4.78 is 5.67. The highest BCUT2D eigenvalue weighted by Gasteiger charge is 2.27. The minimum Gasteiger partial charge on any atom is -0.366 e. The lowest BCUT2D eigenvalue weighted by molar-refractivity contribution is -0.133. The number of rotatable bonds is 7. The second-order valence-electron chi connectivity index (χ2n) is 6.66. The van der Waals surface area contributed by atoms with Crippen LogP contribution in [0.1, 0.15) is 15.9 Å². The molecule has 4 N–H and O–H groups in total. The molecule has 0 bridgehead atoms.